The maximum absolute atomic E-state index is 12.5. The third kappa shape index (κ3) is 4.64. The number of phenols is 1. The molecule has 2 fully saturated rings. The lowest BCUT2D eigenvalue weighted by Crippen LogP contribution is -2.49. The summed E-state index contributed by atoms with van der Waals surface area (Å²) in [6, 6.07) is 7.91. The van der Waals surface area contributed by atoms with Gasteiger partial charge in [-0.05, 0) is 39.2 Å². The first kappa shape index (κ1) is 18.0. The molecule has 2 aliphatic heterocycles. The molecule has 6 heteroatoms. The number of carbonyl (C=O) groups is 1. The van der Waals surface area contributed by atoms with E-state index in [4.69, 9.17) is 0 Å². The van der Waals surface area contributed by atoms with E-state index in [1.54, 1.807) is 12.1 Å². The van der Waals surface area contributed by atoms with Crippen molar-refractivity contribution in [1.82, 2.24) is 14.7 Å². The third-order valence-electron chi connectivity index (χ3n) is 5.50. The fourth-order valence-corrected chi connectivity index (χ4v) is 3.79. The molecule has 1 aromatic carbocycles. The summed E-state index contributed by atoms with van der Waals surface area (Å²) in [6.07, 6.45) is 1.80. The fraction of sp³-hybridized carbons (Fsp3) is 0.632. The van der Waals surface area contributed by atoms with Gasteiger partial charge in [-0.3, -0.25) is 4.79 Å². The maximum Gasteiger partial charge on any atom is 0.223 e. The zero-order chi connectivity index (χ0) is 17.8. The van der Waals surface area contributed by atoms with Crippen molar-refractivity contribution in [1.29, 1.82) is 0 Å². The quantitative estimate of drug-likeness (QED) is 0.864. The first-order valence-electron chi connectivity index (χ1n) is 9.23. The Kier molecular flexibility index (Phi) is 5.81. The molecule has 0 spiro atoms. The van der Waals surface area contributed by atoms with E-state index < -0.39 is 0 Å². The number of likely N-dealkylation sites (tertiary alicyclic amines) is 1. The molecule has 138 valence electrons. The van der Waals surface area contributed by atoms with Crippen molar-refractivity contribution in [3.8, 4) is 5.75 Å². The van der Waals surface area contributed by atoms with Crippen molar-refractivity contribution in [2.75, 3.05) is 64.8 Å². The van der Waals surface area contributed by atoms with Gasteiger partial charge >= 0.3 is 0 Å². The van der Waals surface area contributed by atoms with Crippen LogP contribution in [0.4, 0.5) is 5.69 Å². The molecule has 0 aliphatic carbocycles. The van der Waals surface area contributed by atoms with Crippen LogP contribution in [0.15, 0.2) is 24.3 Å². The van der Waals surface area contributed by atoms with Crippen LogP contribution in [0.2, 0.25) is 0 Å². The molecule has 0 saturated carbocycles. The number of amides is 1. The molecule has 0 bridgehead atoms. The van der Waals surface area contributed by atoms with Gasteiger partial charge in [0.25, 0.3) is 0 Å². The van der Waals surface area contributed by atoms with Crippen LogP contribution < -0.4 is 4.90 Å². The summed E-state index contributed by atoms with van der Waals surface area (Å²) in [5.74, 6) is 0.547. The molecule has 25 heavy (non-hydrogen) atoms. The van der Waals surface area contributed by atoms with Gasteiger partial charge in [-0.25, -0.2) is 0 Å². The Labute approximate surface area is 150 Å². The number of hydrogen-bond donors (Lipinski definition) is 1. The highest BCUT2D eigenvalue weighted by molar-refractivity contribution is 5.76. The highest BCUT2D eigenvalue weighted by Crippen LogP contribution is 2.21. The second kappa shape index (κ2) is 8.06. The average molecular weight is 346 g/mol. The number of phenolic OH excluding ortho intramolecular Hbond substituents is 1. The van der Waals surface area contributed by atoms with Crippen LogP contribution in [0.25, 0.3) is 0 Å². The van der Waals surface area contributed by atoms with Gasteiger partial charge in [0.05, 0.1) is 0 Å². The van der Waals surface area contributed by atoms with E-state index in [1.807, 2.05) is 17.0 Å². The lowest BCUT2D eigenvalue weighted by atomic mass is 10.2. The Morgan fingerprint density at radius 1 is 1.24 bits per heavy atom. The van der Waals surface area contributed by atoms with Crippen molar-refractivity contribution in [2.45, 2.75) is 18.9 Å². The second-order valence-electron chi connectivity index (χ2n) is 7.32. The standard InChI is InChI=1S/C19H30N4O2/c1-20-8-6-17(15-20)21(2)9-7-19(25)23-12-10-22(11-13-23)16-4-3-5-18(24)14-16/h3-5,14,17,24H,6-13,15H2,1-2H3/t17-/m1/s1. The number of benzene rings is 1. The van der Waals surface area contributed by atoms with Crippen molar-refractivity contribution in [3.63, 3.8) is 0 Å². The minimum atomic E-state index is 0.258. The Bertz CT molecular complexity index is 587. The monoisotopic (exact) mass is 346 g/mol. The Balaban J connectivity index is 1.42. The zero-order valence-electron chi connectivity index (χ0n) is 15.4. The first-order valence-corrected chi connectivity index (χ1v) is 9.23. The molecule has 0 radical (unpaired) electrons. The Morgan fingerprint density at radius 2 is 2.00 bits per heavy atom. The van der Waals surface area contributed by atoms with E-state index >= 15 is 0 Å². The molecular weight excluding hydrogens is 316 g/mol. The van der Waals surface area contributed by atoms with Gasteiger partial charge in [-0.1, -0.05) is 6.07 Å². The number of anilines is 1. The largest absolute Gasteiger partial charge is 0.508 e. The maximum atomic E-state index is 12.5. The van der Waals surface area contributed by atoms with Gasteiger partial charge in [0.15, 0.2) is 0 Å². The number of rotatable bonds is 5. The molecule has 0 unspecified atom stereocenters. The number of aromatic hydroxyl groups is 1. The number of nitrogens with zero attached hydrogens (tertiary/aromatic N) is 4. The van der Waals surface area contributed by atoms with Gasteiger partial charge in [-0.15, -0.1) is 0 Å². The molecular formula is C19H30N4O2. The molecule has 2 heterocycles. The fourth-order valence-electron chi connectivity index (χ4n) is 3.79. The minimum absolute atomic E-state index is 0.258. The van der Waals surface area contributed by atoms with E-state index in [0.717, 1.165) is 51.5 Å². The van der Waals surface area contributed by atoms with Crippen LogP contribution in [0.1, 0.15) is 12.8 Å². The van der Waals surface area contributed by atoms with Crippen LogP contribution in [-0.2, 0) is 4.79 Å². The van der Waals surface area contributed by atoms with Crippen molar-refractivity contribution in [2.24, 2.45) is 0 Å². The molecule has 3 rings (SSSR count). The van der Waals surface area contributed by atoms with E-state index in [-0.39, 0.29) is 11.7 Å². The highest BCUT2D eigenvalue weighted by Gasteiger charge is 2.25. The molecule has 2 saturated heterocycles. The molecule has 1 atom stereocenters. The van der Waals surface area contributed by atoms with E-state index in [2.05, 4.69) is 28.8 Å². The highest BCUT2D eigenvalue weighted by atomic mass is 16.3. The number of hydrogen-bond acceptors (Lipinski definition) is 5. The second-order valence-corrected chi connectivity index (χ2v) is 7.32. The Morgan fingerprint density at radius 3 is 2.64 bits per heavy atom. The molecule has 1 N–H and O–H groups in total. The summed E-state index contributed by atoms with van der Waals surface area (Å²) in [7, 11) is 4.29. The minimum Gasteiger partial charge on any atom is -0.508 e. The van der Waals surface area contributed by atoms with E-state index in [0.29, 0.717) is 12.5 Å². The summed E-state index contributed by atoms with van der Waals surface area (Å²) < 4.78 is 0. The number of piperazine rings is 1. The molecule has 6 nitrogen and oxygen atoms in total. The van der Waals surface area contributed by atoms with E-state index in [9.17, 15) is 9.90 Å². The summed E-state index contributed by atoms with van der Waals surface area (Å²) in [4.78, 5) is 21.4. The van der Waals surface area contributed by atoms with Gasteiger partial charge in [0.2, 0.25) is 5.91 Å². The van der Waals surface area contributed by atoms with Crippen molar-refractivity contribution >= 4 is 11.6 Å². The van der Waals surface area contributed by atoms with Crippen molar-refractivity contribution in [3.05, 3.63) is 24.3 Å². The third-order valence-corrected chi connectivity index (χ3v) is 5.50. The van der Waals surface area contributed by atoms with Crippen LogP contribution >= 0.6 is 0 Å². The Hall–Kier alpha value is -1.79. The predicted octanol–water partition coefficient (Wildman–Crippen LogP) is 1.07. The summed E-state index contributed by atoms with van der Waals surface area (Å²) in [6.45, 7) is 6.24. The number of likely N-dealkylation sites (N-methyl/N-ethyl adjacent to an activating group) is 2. The average Bonchev–Trinajstić information content (AvgIpc) is 3.06. The molecule has 2 aliphatic rings. The predicted molar refractivity (Wildman–Crippen MR) is 100 cm³/mol. The summed E-state index contributed by atoms with van der Waals surface area (Å²) >= 11 is 0. The lowest BCUT2D eigenvalue weighted by Gasteiger charge is -2.36. The SMILES string of the molecule is CN1CC[C@@H](N(C)CCC(=O)N2CCN(c3cccc(O)c3)CC2)C1. The smallest absolute Gasteiger partial charge is 0.223 e. The van der Waals surface area contributed by atoms with Crippen LogP contribution in [0, 0.1) is 0 Å². The zero-order valence-corrected chi connectivity index (χ0v) is 15.4. The van der Waals surface area contributed by atoms with E-state index in [1.165, 1.54) is 6.42 Å². The lowest BCUT2D eigenvalue weighted by molar-refractivity contribution is -0.131. The van der Waals surface area contributed by atoms with Gasteiger partial charge in [0, 0.05) is 63.5 Å². The first-order chi connectivity index (χ1) is 12.0. The van der Waals surface area contributed by atoms with Crippen LogP contribution in [0.3, 0.4) is 0 Å². The van der Waals surface area contributed by atoms with Gasteiger partial charge < -0.3 is 24.7 Å². The van der Waals surface area contributed by atoms with Crippen molar-refractivity contribution < 1.29 is 9.90 Å². The normalized spacial score (nSPS) is 22.0. The number of carbonyl (C=O) groups excluding carboxylic acids is 1. The summed E-state index contributed by atoms with van der Waals surface area (Å²) in [5, 5.41) is 9.61. The topological polar surface area (TPSA) is 50.3 Å². The van der Waals surface area contributed by atoms with Crippen LogP contribution in [-0.4, -0.2) is 91.7 Å². The van der Waals surface area contributed by atoms with Gasteiger partial charge in [-0.2, -0.15) is 0 Å². The molecule has 0 aromatic heterocycles. The van der Waals surface area contributed by atoms with Gasteiger partial charge in [0.1, 0.15) is 5.75 Å². The van der Waals surface area contributed by atoms with Crippen LogP contribution in [0.5, 0.6) is 5.75 Å². The summed E-state index contributed by atoms with van der Waals surface area (Å²) in [5.41, 5.74) is 1.03. The molecule has 1 amide bonds. The molecule has 1 aromatic rings.